The molecular formula is C18H15N3OS. The summed E-state index contributed by atoms with van der Waals surface area (Å²) in [5.74, 6) is -0.156. The summed E-state index contributed by atoms with van der Waals surface area (Å²) in [6, 6.07) is 15.1. The smallest absolute Gasteiger partial charge is 0.257 e. The molecule has 0 fully saturated rings. The summed E-state index contributed by atoms with van der Waals surface area (Å²) >= 11 is 1.45. The van der Waals surface area contributed by atoms with Gasteiger partial charge >= 0.3 is 0 Å². The molecule has 0 atom stereocenters. The number of carbonyl (C=O) groups is 1. The van der Waals surface area contributed by atoms with Crippen LogP contribution < -0.4 is 4.90 Å². The van der Waals surface area contributed by atoms with Crippen LogP contribution in [0.25, 0.3) is 6.08 Å². The van der Waals surface area contributed by atoms with Crippen LogP contribution in [0.15, 0.2) is 66.2 Å². The molecule has 0 spiro atoms. The molecular weight excluding hydrogens is 306 g/mol. The molecule has 4 nitrogen and oxygen atoms in total. The zero-order valence-corrected chi connectivity index (χ0v) is 13.4. The van der Waals surface area contributed by atoms with Crippen LogP contribution in [0.2, 0.25) is 0 Å². The topological polar surface area (TPSA) is 46.1 Å². The molecule has 1 aromatic carbocycles. The van der Waals surface area contributed by atoms with Crippen molar-refractivity contribution < 1.29 is 4.79 Å². The van der Waals surface area contributed by atoms with E-state index in [2.05, 4.69) is 9.97 Å². The molecule has 5 heteroatoms. The lowest BCUT2D eigenvalue weighted by Gasteiger charge is -2.18. The molecule has 0 aliphatic rings. The number of anilines is 2. The standard InChI is InChI=1S/C18H15N3OS/c1-14-13-23-18(20-14)21(16-8-3-2-4-9-16)17(22)11-10-15-7-5-6-12-19-15/h2-13H,1H3/b11-10+. The highest BCUT2D eigenvalue weighted by molar-refractivity contribution is 7.14. The monoisotopic (exact) mass is 321 g/mol. The van der Waals surface area contributed by atoms with E-state index in [-0.39, 0.29) is 5.91 Å². The third-order valence-electron chi connectivity index (χ3n) is 3.12. The van der Waals surface area contributed by atoms with Crippen LogP contribution in [0.4, 0.5) is 10.8 Å². The third kappa shape index (κ3) is 3.70. The summed E-state index contributed by atoms with van der Waals surface area (Å²) in [7, 11) is 0. The summed E-state index contributed by atoms with van der Waals surface area (Å²) in [5, 5.41) is 2.59. The van der Waals surface area contributed by atoms with Gasteiger partial charge in [-0.1, -0.05) is 24.3 Å². The normalized spacial score (nSPS) is 10.8. The van der Waals surface area contributed by atoms with E-state index in [0.29, 0.717) is 5.13 Å². The number of rotatable bonds is 4. The van der Waals surface area contributed by atoms with Crippen LogP contribution in [0.1, 0.15) is 11.4 Å². The first-order valence-electron chi connectivity index (χ1n) is 7.14. The first-order chi connectivity index (χ1) is 11.2. The Morgan fingerprint density at radius 1 is 1.13 bits per heavy atom. The summed E-state index contributed by atoms with van der Waals surface area (Å²) in [6.07, 6.45) is 4.92. The van der Waals surface area contributed by atoms with Crippen molar-refractivity contribution in [1.82, 2.24) is 9.97 Å². The van der Waals surface area contributed by atoms with E-state index < -0.39 is 0 Å². The summed E-state index contributed by atoms with van der Waals surface area (Å²) in [5.41, 5.74) is 2.43. The van der Waals surface area contributed by atoms with Crippen molar-refractivity contribution in [2.75, 3.05) is 4.90 Å². The van der Waals surface area contributed by atoms with Crippen molar-refractivity contribution in [2.24, 2.45) is 0 Å². The van der Waals surface area contributed by atoms with Crippen molar-refractivity contribution in [1.29, 1.82) is 0 Å². The van der Waals surface area contributed by atoms with Gasteiger partial charge in [-0.05, 0) is 37.3 Å². The van der Waals surface area contributed by atoms with E-state index in [1.54, 1.807) is 17.2 Å². The number of pyridine rings is 1. The Kier molecular flexibility index (Phi) is 4.59. The van der Waals surface area contributed by atoms with Crippen LogP contribution in [-0.4, -0.2) is 15.9 Å². The lowest BCUT2D eigenvalue weighted by atomic mass is 10.2. The van der Waals surface area contributed by atoms with Crippen LogP contribution >= 0.6 is 11.3 Å². The van der Waals surface area contributed by atoms with Gasteiger partial charge in [-0.15, -0.1) is 11.3 Å². The van der Waals surface area contributed by atoms with Gasteiger partial charge in [0.05, 0.1) is 17.1 Å². The highest BCUT2D eigenvalue weighted by atomic mass is 32.1. The molecule has 0 bridgehead atoms. The Hall–Kier alpha value is -2.79. The number of hydrogen-bond acceptors (Lipinski definition) is 4. The minimum atomic E-state index is -0.156. The number of nitrogens with zero attached hydrogens (tertiary/aromatic N) is 3. The molecule has 0 aliphatic heterocycles. The Morgan fingerprint density at radius 2 is 1.91 bits per heavy atom. The highest BCUT2D eigenvalue weighted by Crippen LogP contribution is 2.28. The largest absolute Gasteiger partial charge is 0.269 e. The van der Waals surface area contributed by atoms with E-state index in [1.165, 1.54) is 17.4 Å². The minimum Gasteiger partial charge on any atom is -0.269 e. The summed E-state index contributed by atoms with van der Waals surface area (Å²) < 4.78 is 0. The molecule has 2 aromatic heterocycles. The second-order valence-corrected chi connectivity index (χ2v) is 5.71. The number of para-hydroxylation sites is 1. The molecule has 1 amide bonds. The predicted octanol–water partition coefficient (Wildman–Crippen LogP) is 4.22. The average molecular weight is 321 g/mol. The van der Waals surface area contributed by atoms with Gasteiger partial charge in [0.2, 0.25) is 0 Å². The Balaban J connectivity index is 1.92. The fourth-order valence-electron chi connectivity index (χ4n) is 2.06. The SMILES string of the molecule is Cc1csc(N(C(=O)/C=C/c2ccccn2)c2ccccc2)n1. The fraction of sp³-hybridized carbons (Fsp3) is 0.0556. The number of hydrogen-bond donors (Lipinski definition) is 0. The number of aryl methyl sites for hydroxylation is 1. The van der Waals surface area contributed by atoms with Crippen molar-refractivity contribution in [3.63, 3.8) is 0 Å². The molecule has 0 N–H and O–H groups in total. The van der Waals surface area contributed by atoms with Crippen molar-refractivity contribution in [2.45, 2.75) is 6.92 Å². The van der Waals surface area contributed by atoms with E-state index in [9.17, 15) is 4.79 Å². The first-order valence-corrected chi connectivity index (χ1v) is 8.02. The average Bonchev–Trinajstić information content (AvgIpc) is 3.01. The summed E-state index contributed by atoms with van der Waals surface area (Å²) in [6.45, 7) is 1.91. The zero-order chi connectivity index (χ0) is 16.1. The molecule has 0 aliphatic carbocycles. The van der Waals surface area contributed by atoms with E-state index in [0.717, 1.165) is 17.1 Å². The van der Waals surface area contributed by atoms with Crippen molar-refractivity contribution in [3.8, 4) is 0 Å². The maximum Gasteiger partial charge on any atom is 0.257 e. The van der Waals surface area contributed by atoms with Crippen molar-refractivity contribution >= 4 is 34.1 Å². The molecule has 0 radical (unpaired) electrons. The predicted molar refractivity (Wildman–Crippen MR) is 93.7 cm³/mol. The molecule has 23 heavy (non-hydrogen) atoms. The van der Waals surface area contributed by atoms with Crippen LogP contribution in [-0.2, 0) is 4.79 Å². The minimum absolute atomic E-state index is 0.156. The quantitative estimate of drug-likeness (QED) is 0.676. The molecule has 2 heterocycles. The van der Waals surface area contributed by atoms with Gasteiger partial charge in [-0.2, -0.15) is 0 Å². The van der Waals surface area contributed by atoms with Gasteiger partial charge in [-0.25, -0.2) is 4.98 Å². The van der Waals surface area contributed by atoms with Crippen LogP contribution in [0, 0.1) is 6.92 Å². The van der Waals surface area contributed by atoms with Crippen LogP contribution in [0.3, 0.4) is 0 Å². The Morgan fingerprint density at radius 3 is 2.57 bits per heavy atom. The maximum absolute atomic E-state index is 12.7. The molecule has 3 rings (SSSR count). The van der Waals surface area contributed by atoms with Gasteiger partial charge in [0.1, 0.15) is 0 Å². The summed E-state index contributed by atoms with van der Waals surface area (Å²) in [4.78, 5) is 22.9. The number of thiazole rings is 1. The highest BCUT2D eigenvalue weighted by Gasteiger charge is 2.18. The molecule has 114 valence electrons. The second-order valence-electron chi connectivity index (χ2n) is 4.87. The zero-order valence-electron chi connectivity index (χ0n) is 12.6. The van der Waals surface area contributed by atoms with Crippen LogP contribution in [0.5, 0.6) is 0 Å². The number of amides is 1. The second kappa shape index (κ2) is 6.98. The van der Waals surface area contributed by atoms with E-state index in [4.69, 9.17) is 0 Å². The van der Waals surface area contributed by atoms with Gasteiger partial charge in [-0.3, -0.25) is 14.7 Å². The number of carbonyl (C=O) groups excluding carboxylic acids is 1. The van der Waals surface area contributed by atoms with Gasteiger partial charge in [0.15, 0.2) is 5.13 Å². The third-order valence-corrected chi connectivity index (χ3v) is 4.06. The molecule has 3 aromatic rings. The first kappa shape index (κ1) is 15.1. The van der Waals surface area contributed by atoms with Gasteiger partial charge in [0.25, 0.3) is 5.91 Å². The lowest BCUT2D eigenvalue weighted by Crippen LogP contribution is -2.23. The molecule has 0 saturated heterocycles. The Labute approximate surface area is 138 Å². The van der Waals surface area contributed by atoms with E-state index in [1.807, 2.05) is 60.8 Å². The van der Waals surface area contributed by atoms with E-state index >= 15 is 0 Å². The Bertz CT molecular complexity index is 813. The molecule has 0 saturated carbocycles. The fourth-order valence-corrected chi connectivity index (χ4v) is 2.89. The number of aromatic nitrogens is 2. The lowest BCUT2D eigenvalue weighted by molar-refractivity contribution is -0.113. The number of benzene rings is 1. The molecule has 0 unspecified atom stereocenters. The van der Waals surface area contributed by atoms with Crippen molar-refractivity contribution in [3.05, 3.63) is 77.6 Å². The van der Waals surface area contributed by atoms with Gasteiger partial charge in [0, 0.05) is 17.7 Å². The van der Waals surface area contributed by atoms with Gasteiger partial charge < -0.3 is 0 Å². The maximum atomic E-state index is 12.7.